The maximum Gasteiger partial charge on any atom is 0.119 e. The van der Waals surface area contributed by atoms with Crippen LogP contribution >= 0.6 is 15.9 Å². The molecule has 1 unspecified atom stereocenters. The van der Waals surface area contributed by atoms with Gasteiger partial charge in [-0.2, -0.15) is 0 Å². The molecule has 1 aliphatic carbocycles. The molecule has 0 aromatic heterocycles. The second-order valence-electron chi connectivity index (χ2n) is 6.04. The number of benzene rings is 1. The van der Waals surface area contributed by atoms with Gasteiger partial charge >= 0.3 is 0 Å². The molecule has 1 atom stereocenters. The van der Waals surface area contributed by atoms with Crippen molar-refractivity contribution in [3.05, 3.63) is 28.2 Å². The van der Waals surface area contributed by atoms with Gasteiger partial charge < -0.3 is 4.74 Å². The van der Waals surface area contributed by atoms with Crippen molar-refractivity contribution in [3.8, 4) is 5.75 Å². The summed E-state index contributed by atoms with van der Waals surface area (Å²) in [5.74, 6) is 7.44. The zero-order chi connectivity index (χ0) is 15.1. The lowest BCUT2D eigenvalue weighted by Crippen LogP contribution is -2.42. The van der Waals surface area contributed by atoms with E-state index in [1.807, 2.05) is 6.07 Å². The number of nitrogens with one attached hydrogen (secondary N) is 1. The van der Waals surface area contributed by atoms with E-state index < -0.39 is 0 Å². The largest absolute Gasteiger partial charge is 0.497 e. The van der Waals surface area contributed by atoms with Gasteiger partial charge in [0.05, 0.1) is 7.11 Å². The number of ether oxygens (including phenoxy) is 1. The molecule has 1 fully saturated rings. The van der Waals surface area contributed by atoms with Gasteiger partial charge in [-0.1, -0.05) is 48.0 Å². The number of methoxy groups -OCH3 is 1. The molecule has 0 bridgehead atoms. The summed E-state index contributed by atoms with van der Waals surface area (Å²) >= 11 is 3.65. The molecule has 21 heavy (non-hydrogen) atoms. The fourth-order valence-electron chi connectivity index (χ4n) is 3.32. The molecule has 0 amide bonds. The minimum atomic E-state index is 0.339. The van der Waals surface area contributed by atoms with E-state index in [2.05, 4.69) is 33.5 Å². The SMILES string of the molecule is COc1ccc(Br)c(CC(NN)C2CCCCCCC2)c1. The Kier molecular flexibility index (Phi) is 7.00. The predicted octanol–water partition coefficient (Wildman–Crippen LogP) is 4.19. The van der Waals surface area contributed by atoms with Crippen LogP contribution in [0.25, 0.3) is 0 Å². The van der Waals surface area contributed by atoms with Gasteiger partial charge in [-0.3, -0.25) is 11.3 Å². The first-order chi connectivity index (χ1) is 10.2. The van der Waals surface area contributed by atoms with E-state index in [-0.39, 0.29) is 0 Å². The summed E-state index contributed by atoms with van der Waals surface area (Å²) in [6.07, 6.45) is 10.3. The van der Waals surface area contributed by atoms with Crippen molar-refractivity contribution in [1.29, 1.82) is 0 Å². The van der Waals surface area contributed by atoms with Crippen LogP contribution in [0.3, 0.4) is 0 Å². The third kappa shape index (κ3) is 4.97. The minimum Gasteiger partial charge on any atom is -0.497 e. The number of halogens is 1. The number of rotatable bonds is 5. The predicted molar refractivity (Wildman–Crippen MR) is 91.3 cm³/mol. The van der Waals surface area contributed by atoms with E-state index in [4.69, 9.17) is 10.6 Å². The molecule has 0 heterocycles. The van der Waals surface area contributed by atoms with Crippen LogP contribution in [0.4, 0.5) is 0 Å². The number of nitrogens with two attached hydrogens (primary N) is 1. The summed E-state index contributed by atoms with van der Waals surface area (Å²) in [5, 5.41) is 0. The number of hydrazine groups is 1. The number of hydrogen-bond donors (Lipinski definition) is 2. The van der Waals surface area contributed by atoms with Crippen molar-refractivity contribution >= 4 is 15.9 Å². The minimum absolute atomic E-state index is 0.339. The Balaban J connectivity index is 2.06. The molecule has 3 N–H and O–H groups in total. The van der Waals surface area contributed by atoms with Crippen LogP contribution in [0.2, 0.25) is 0 Å². The molecule has 2 rings (SSSR count). The zero-order valence-electron chi connectivity index (χ0n) is 12.9. The van der Waals surface area contributed by atoms with Crippen LogP contribution in [-0.4, -0.2) is 13.2 Å². The fraction of sp³-hybridized carbons (Fsp3) is 0.647. The molecule has 118 valence electrons. The maximum atomic E-state index is 5.87. The standard InChI is InChI=1S/C17H27BrN2O/c1-21-15-9-10-16(18)14(11-15)12-17(20-19)13-7-5-3-2-4-6-8-13/h9-11,13,17,20H,2-8,12,19H2,1H3. The van der Waals surface area contributed by atoms with Gasteiger partial charge in [-0.05, 0) is 48.9 Å². The first-order valence-electron chi connectivity index (χ1n) is 8.03. The molecule has 0 spiro atoms. The smallest absolute Gasteiger partial charge is 0.119 e. The lowest BCUT2D eigenvalue weighted by molar-refractivity contribution is 0.284. The summed E-state index contributed by atoms with van der Waals surface area (Å²) in [6, 6.07) is 6.48. The molecule has 1 aliphatic rings. The molecule has 4 heteroatoms. The highest BCUT2D eigenvalue weighted by molar-refractivity contribution is 9.10. The molecule has 3 nitrogen and oxygen atoms in total. The average molecular weight is 355 g/mol. The molecule has 1 aromatic carbocycles. The third-order valence-corrected chi connectivity index (χ3v) is 5.40. The van der Waals surface area contributed by atoms with Crippen molar-refractivity contribution < 1.29 is 4.74 Å². The van der Waals surface area contributed by atoms with E-state index in [1.165, 1.54) is 50.5 Å². The van der Waals surface area contributed by atoms with Crippen molar-refractivity contribution in [3.63, 3.8) is 0 Å². The molecule has 0 aliphatic heterocycles. The van der Waals surface area contributed by atoms with Crippen LogP contribution in [0.15, 0.2) is 22.7 Å². The van der Waals surface area contributed by atoms with Crippen molar-refractivity contribution in [2.45, 2.75) is 57.4 Å². The second-order valence-corrected chi connectivity index (χ2v) is 6.89. The Hall–Kier alpha value is -0.580. The fourth-order valence-corrected chi connectivity index (χ4v) is 3.73. The van der Waals surface area contributed by atoms with Gasteiger partial charge in [-0.15, -0.1) is 0 Å². The van der Waals surface area contributed by atoms with Crippen LogP contribution in [0.5, 0.6) is 5.75 Å². The summed E-state index contributed by atoms with van der Waals surface area (Å²) < 4.78 is 6.47. The Morgan fingerprint density at radius 3 is 2.52 bits per heavy atom. The average Bonchev–Trinajstić information content (AvgIpc) is 2.47. The van der Waals surface area contributed by atoms with Crippen molar-refractivity contribution in [2.24, 2.45) is 11.8 Å². The van der Waals surface area contributed by atoms with E-state index >= 15 is 0 Å². The summed E-state index contributed by atoms with van der Waals surface area (Å²) in [6.45, 7) is 0. The van der Waals surface area contributed by atoms with Crippen LogP contribution in [-0.2, 0) is 6.42 Å². The van der Waals surface area contributed by atoms with Gasteiger partial charge in [0.2, 0.25) is 0 Å². The van der Waals surface area contributed by atoms with Gasteiger partial charge in [0, 0.05) is 10.5 Å². The number of hydrogen-bond acceptors (Lipinski definition) is 3. The highest BCUT2D eigenvalue weighted by Gasteiger charge is 2.22. The lowest BCUT2D eigenvalue weighted by atomic mass is 9.83. The lowest BCUT2D eigenvalue weighted by Gasteiger charge is -2.28. The third-order valence-electron chi connectivity index (χ3n) is 4.63. The molecule has 0 radical (unpaired) electrons. The Morgan fingerprint density at radius 2 is 1.90 bits per heavy atom. The first-order valence-corrected chi connectivity index (χ1v) is 8.82. The molecular formula is C17H27BrN2O. The van der Waals surface area contributed by atoms with E-state index in [0.717, 1.165) is 16.6 Å². The summed E-state index contributed by atoms with van der Waals surface area (Å²) in [7, 11) is 1.71. The Labute approximate surface area is 136 Å². The monoisotopic (exact) mass is 354 g/mol. The van der Waals surface area contributed by atoms with E-state index in [0.29, 0.717) is 12.0 Å². The van der Waals surface area contributed by atoms with Crippen molar-refractivity contribution in [1.82, 2.24) is 5.43 Å². The zero-order valence-corrected chi connectivity index (χ0v) is 14.5. The van der Waals surface area contributed by atoms with Gasteiger partial charge in [0.25, 0.3) is 0 Å². The Morgan fingerprint density at radius 1 is 1.24 bits per heavy atom. The van der Waals surface area contributed by atoms with Gasteiger partial charge in [-0.25, -0.2) is 0 Å². The maximum absolute atomic E-state index is 5.87. The van der Waals surface area contributed by atoms with Gasteiger partial charge in [0.15, 0.2) is 0 Å². The quantitative estimate of drug-likeness (QED) is 0.615. The summed E-state index contributed by atoms with van der Waals surface area (Å²) in [5.41, 5.74) is 4.33. The van der Waals surface area contributed by atoms with Crippen LogP contribution in [0, 0.1) is 5.92 Å². The van der Waals surface area contributed by atoms with Crippen LogP contribution in [0.1, 0.15) is 50.5 Å². The molecule has 1 aromatic rings. The molecule has 1 saturated carbocycles. The van der Waals surface area contributed by atoms with E-state index in [1.54, 1.807) is 7.11 Å². The van der Waals surface area contributed by atoms with Gasteiger partial charge in [0.1, 0.15) is 5.75 Å². The van der Waals surface area contributed by atoms with Crippen LogP contribution < -0.4 is 16.0 Å². The topological polar surface area (TPSA) is 47.3 Å². The summed E-state index contributed by atoms with van der Waals surface area (Å²) in [4.78, 5) is 0. The Bertz CT molecular complexity index is 431. The van der Waals surface area contributed by atoms with Crippen molar-refractivity contribution in [2.75, 3.05) is 7.11 Å². The van der Waals surface area contributed by atoms with E-state index in [9.17, 15) is 0 Å². The molecular weight excluding hydrogens is 328 g/mol. The normalized spacial score (nSPS) is 18.8. The highest BCUT2D eigenvalue weighted by Crippen LogP contribution is 2.29. The highest BCUT2D eigenvalue weighted by atomic mass is 79.9. The second kappa shape index (κ2) is 8.76. The molecule has 0 saturated heterocycles. The first kappa shape index (κ1) is 16.8.